The Labute approximate surface area is 150 Å². The van der Waals surface area contributed by atoms with Crippen LogP contribution >= 0.6 is 22.9 Å². The topological polar surface area (TPSA) is 66.4 Å². The Hall–Kier alpha value is -1.92. The van der Waals surface area contributed by atoms with Crippen LogP contribution in [0.15, 0.2) is 35.4 Å². The van der Waals surface area contributed by atoms with E-state index >= 15 is 0 Å². The molecule has 1 aliphatic carbocycles. The Bertz CT molecular complexity index is 711. The van der Waals surface area contributed by atoms with E-state index in [4.69, 9.17) is 11.6 Å². The molecule has 2 N–H and O–H groups in total. The van der Waals surface area contributed by atoms with Gasteiger partial charge < -0.3 is 5.32 Å². The molecular formula is C17H19ClN4OS. The fourth-order valence-corrected chi connectivity index (χ4v) is 3.75. The molecule has 1 aromatic heterocycles. The minimum Gasteiger partial charge on any atom is -0.331 e. The highest BCUT2D eigenvalue weighted by atomic mass is 35.5. The fraction of sp³-hybridized carbons (Fsp3) is 0.353. The van der Waals surface area contributed by atoms with Gasteiger partial charge in [-0.25, -0.2) is 10.4 Å². The van der Waals surface area contributed by atoms with Crippen molar-refractivity contribution in [2.24, 2.45) is 11.0 Å². The van der Waals surface area contributed by atoms with E-state index in [0.717, 1.165) is 31.4 Å². The van der Waals surface area contributed by atoms with Gasteiger partial charge in [0.15, 0.2) is 10.3 Å². The number of hydrazone groups is 1. The van der Waals surface area contributed by atoms with E-state index in [2.05, 4.69) is 20.8 Å². The van der Waals surface area contributed by atoms with E-state index in [1.54, 1.807) is 6.21 Å². The predicted octanol–water partition coefficient (Wildman–Crippen LogP) is 4.57. The van der Waals surface area contributed by atoms with E-state index in [1.165, 1.54) is 17.8 Å². The van der Waals surface area contributed by atoms with Crippen molar-refractivity contribution in [3.05, 3.63) is 40.4 Å². The minimum atomic E-state index is -0.00535. The zero-order chi connectivity index (χ0) is 16.8. The molecule has 1 heterocycles. The summed E-state index contributed by atoms with van der Waals surface area (Å²) in [6.45, 7) is 0. The lowest BCUT2D eigenvalue weighted by Gasteiger charge is -2.19. The van der Waals surface area contributed by atoms with Gasteiger partial charge in [0.05, 0.1) is 11.1 Å². The molecule has 1 amide bonds. The molecule has 1 fully saturated rings. The van der Waals surface area contributed by atoms with Crippen LogP contribution in [-0.2, 0) is 4.79 Å². The molecule has 126 valence electrons. The molecule has 0 atom stereocenters. The van der Waals surface area contributed by atoms with Gasteiger partial charge in [-0.05, 0) is 25.0 Å². The molecule has 1 aliphatic rings. The van der Waals surface area contributed by atoms with Crippen LogP contribution in [0.1, 0.15) is 37.0 Å². The first-order valence-electron chi connectivity index (χ1n) is 8.03. The minimum absolute atomic E-state index is 0.00535. The van der Waals surface area contributed by atoms with Gasteiger partial charge in [0.2, 0.25) is 5.91 Å². The maximum absolute atomic E-state index is 12.0. The van der Waals surface area contributed by atoms with Gasteiger partial charge in [0.25, 0.3) is 0 Å². The van der Waals surface area contributed by atoms with Gasteiger partial charge in [-0.15, -0.1) is 0 Å². The van der Waals surface area contributed by atoms with Gasteiger partial charge in [-0.2, -0.15) is 5.10 Å². The number of carbonyl (C=O) groups excluding carboxylic acids is 1. The summed E-state index contributed by atoms with van der Waals surface area (Å²) in [5.74, 6) is 0.0809. The standard InChI is InChI=1S/C17H19ClN4OS/c18-15-14(11-19-22-16(23)12-7-3-1-4-8-12)24-17(21-15)20-13-9-5-2-6-10-13/h2,5-6,9-12H,1,3-4,7-8H2,(H,20,21)(H,22,23)/b19-11+. The van der Waals surface area contributed by atoms with Crippen LogP contribution in [0.5, 0.6) is 0 Å². The molecule has 0 spiro atoms. The molecule has 5 nitrogen and oxygen atoms in total. The number of thiazole rings is 1. The SMILES string of the molecule is O=C(N/N=C/c1sc(Nc2ccccc2)nc1Cl)C1CCCCC1. The highest BCUT2D eigenvalue weighted by Crippen LogP contribution is 2.28. The second-order valence-corrected chi connectivity index (χ2v) is 7.12. The Kier molecular flexibility index (Phi) is 5.82. The van der Waals surface area contributed by atoms with Crippen molar-refractivity contribution in [2.75, 3.05) is 5.32 Å². The average molecular weight is 363 g/mol. The number of para-hydroxylation sites is 1. The third-order valence-corrected chi connectivity index (χ3v) is 5.27. The molecule has 0 radical (unpaired) electrons. The van der Waals surface area contributed by atoms with Crippen LogP contribution in [-0.4, -0.2) is 17.1 Å². The first kappa shape index (κ1) is 16.9. The first-order valence-corrected chi connectivity index (χ1v) is 9.23. The summed E-state index contributed by atoms with van der Waals surface area (Å²) in [6, 6.07) is 9.75. The van der Waals surface area contributed by atoms with Gasteiger partial charge in [0.1, 0.15) is 0 Å². The number of nitrogens with zero attached hydrogens (tertiary/aromatic N) is 2. The molecule has 24 heavy (non-hydrogen) atoms. The number of anilines is 2. The Morgan fingerprint density at radius 1 is 1.25 bits per heavy atom. The van der Waals surface area contributed by atoms with Crippen LogP contribution in [0.4, 0.5) is 10.8 Å². The molecule has 2 aromatic rings. The summed E-state index contributed by atoms with van der Waals surface area (Å²) in [5.41, 5.74) is 3.56. The second kappa shape index (κ2) is 8.26. The van der Waals surface area contributed by atoms with Crippen molar-refractivity contribution in [1.29, 1.82) is 0 Å². The fourth-order valence-electron chi connectivity index (χ4n) is 2.70. The van der Waals surface area contributed by atoms with Gasteiger partial charge in [-0.1, -0.05) is 60.4 Å². The molecular weight excluding hydrogens is 344 g/mol. The summed E-state index contributed by atoms with van der Waals surface area (Å²) in [6.07, 6.45) is 6.92. The summed E-state index contributed by atoms with van der Waals surface area (Å²) in [5, 5.41) is 8.28. The maximum atomic E-state index is 12.0. The first-order chi connectivity index (χ1) is 11.7. The van der Waals surface area contributed by atoms with E-state index < -0.39 is 0 Å². The summed E-state index contributed by atoms with van der Waals surface area (Å²) in [7, 11) is 0. The lowest BCUT2D eigenvalue weighted by Crippen LogP contribution is -2.28. The van der Waals surface area contributed by atoms with Gasteiger partial charge >= 0.3 is 0 Å². The zero-order valence-electron chi connectivity index (χ0n) is 13.2. The number of rotatable bonds is 5. The largest absolute Gasteiger partial charge is 0.331 e. The number of aromatic nitrogens is 1. The number of amides is 1. The smallest absolute Gasteiger partial charge is 0.243 e. The van der Waals surface area contributed by atoms with Crippen molar-refractivity contribution in [1.82, 2.24) is 10.4 Å². The van der Waals surface area contributed by atoms with Crippen LogP contribution in [0.2, 0.25) is 5.15 Å². The van der Waals surface area contributed by atoms with Gasteiger partial charge in [0, 0.05) is 11.6 Å². The van der Waals surface area contributed by atoms with Crippen molar-refractivity contribution < 1.29 is 4.79 Å². The van der Waals surface area contributed by atoms with E-state index in [-0.39, 0.29) is 11.8 Å². The predicted molar refractivity (Wildman–Crippen MR) is 99.2 cm³/mol. The molecule has 0 bridgehead atoms. The number of hydrogen-bond donors (Lipinski definition) is 2. The Morgan fingerprint density at radius 3 is 2.75 bits per heavy atom. The monoisotopic (exact) mass is 362 g/mol. The highest BCUT2D eigenvalue weighted by molar-refractivity contribution is 7.17. The molecule has 0 unspecified atom stereocenters. The van der Waals surface area contributed by atoms with E-state index in [9.17, 15) is 4.79 Å². The quantitative estimate of drug-likeness (QED) is 0.604. The number of nitrogens with one attached hydrogen (secondary N) is 2. The third-order valence-electron chi connectivity index (χ3n) is 3.97. The summed E-state index contributed by atoms with van der Waals surface area (Å²) >= 11 is 7.52. The van der Waals surface area contributed by atoms with Crippen LogP contribution in [0.3, 0.4) is 0 Å². The molecule has 0 saturated heterocycles. The molecule has 1 saturated carbocycles. The van der Waals surface area contributed by atoms with Crippen LogP contribution in [0, 0.1) is 5.92 Å². The molecule has 7 heteroatoms. The van der Waals surface area contributed by atoms with Crippen LogP contribution in [0.25, 0.3) is 0 Å². The van der Waals surface area contributed by atoms with E-state index in [0.29, 0.717) is 15.2 Å². The second-order valence-electron chi connectivity index (χ2n) is 5.73. The number of benzene rings is 1. The number of halogens is 1. The molecule has 1 aromatic carbocycles. The summed E-state index contributed by atoms with van der Waals surface area (Å²) < 4.78 is 0. The Balaban J connectivity index is 1.57. The Morgan fingerprint density at radius 2 is 2.00 bits per heavy atom. The van der Waals surface area contributed by atoms with Crippen molar-refractivity contribution >= 4 is 45.9 Å². The van der Waals surface area contributed by atoms with Crippen molar-refractivity contribution in [3.8, 4) is 0 Å². The normalized spacial score (nSPS) is 15.5. The van der Waals surface area contributed by atoms with E-state index in [1.807, 2.05) is 30.3 Å². The number of carbonyl (C=O) groups is 1. The van der Waals surface area contributed by atoms with Crippen molar-refractivity contribution in [2.45, 2.75) is 32.1 Å². The highest BCUT2D eigenvalue weighted by Gasteiger charge is 2.20. The average Bonchev–Trinajstić information content (AvgIpc) is 2.96. The lowest BCUT2D eigenvalue weighted by molar-refractivity contribution is -0.125. The molecule has 3 rings (SSSR count). The van der Waals surface area contributed by atoms with Gasteiger partial charge in [-0.3, -0.25) is 4.79 Å². The number of hydrogen-bond acceptors (Lipinski definition) is 5. The zero-order valence-corrected chi connectivity index (χ0v) is 14.7. The third kappa shape index (κ3) is 4.55. The molecule has 0 aliphatic heterocycles. The lowest BCUT2D eigenvalue weighted by atomic mass is 9.89. The van der Waals surface area contributed by atoms with Crippen molar-refractivity contribution in [3.63, 3.8) is 0 Å². The van der Waals surface area contributed by atoms with Crippen LogP contribution < -0.4 is 10.7 Å². The maximum Gasteiger partial charge on any atom is 0.243 e. The summed E-state index contributed by atoms with van der Waals surface area (Å²) in [4.78, 5) is 17.0.